The second kappa shape index (κ2) is 6.14. The summed E-state index contributed by atoms with van der Waals surface area (Å²) in [7, 11) is 0. The number of thioether (sulfide) groups is 1. The Morgan fingerprint density at radius 3 is 2.87 bits per heavy atom. The van der Waals surface area contributed by atoms with Gasteiger partial charge in [-0.1, -0.05) is 35.5 Å². The van der Waals surface area contributed by atoms with Gasteiger partial charge in [-0.2, -0.15) is 0 Å². The first-order chi connectivity index (χ1) is 11.3. The molecule has 0 bridgehead atoms. The molecule has 1 aliphatic rings. The van der Waals surface area contributed by atoms with Crippen molar-refractivity contribution in [3.63, 3.8) is 0 Å². The normalized spacial score (nSPS) is 12.6. The van der Waals surface area contributed by atoms with Crippen molar-refractivity contribution in [1.82, 2.24) is 10.2 Å². The Morgan fingerprint density at radius 1 is 1.04 bits per heavy atom. The van der Waals surface area contributed by atoms with Crippen molar-refractivity contribution >= 4 is 23.4 Å². The zero-order chi connectivity index (χ0) is 15.6. The van der Waals surface area contributed by atoms with Crippen LogP contribution in [0.25, 0.3) is 11.5 Å². The third kappa shape index (κ3) is 3.13. The molecule has 0 aliphatic carbocycles. The van der Waals surface area contributed by atoms with Gasteiger partial charge in [-0.05, 0) is 35.9 Å². The van der Waals surface area contributed by atoms with Crippen LogP contribution < -0.4 is 9.47 Å². The predicted octanol–water partition coefficient (Wildman–Crippen LogP) is 4.41. The van der Waals surface area contributed by atoms with Gasteiger partial charge in [0.05, 0.1) is 0 Å². The number of halogens is 1. The Morgan fingerprint density at radius 2 is 1.96 bits per heavy atom. The predicted molar refractivity (Wildman–Crippen MR) is 86.9 cm³/mol. The largest absolute Gasteiger partial charge is 0.454 e. The summed E-state index contributed by atoms with van der Waals surface area (Å²) in [6, 6.07) is 13.2. The van der Waals surface area contributed by atoms with Crippen molar-refractivity contribution in [2.75, 3.05) is 6.79 Å². The monoisotopic (exact) mass is 346 g/mol. The third-order valence-corrected chi connectivity index (χ3v) is 4.40. The molecule has 7 heteroatoms. The van der Waals surface area contributed by atoms with E-state index in [9.17, 15) is 0 Å². The van der Waals surface area contributed by atoms with Gasteiger partial charge in [-0.3, -0.25) is 0 Å². The number of hydrogen-bond acceptors (Lipinski definition) is 6. The first-order valence-electron chi connectivity index (χ1n) is 6.89. The molecule has 0 N–H and O–H groups in total. The summed E-state index contributed by atoms with van der Waals surface area (Å²) < 4.78 is 16.3. The maximum Gasteiger partial charge on any atom is 0.277 e. The van der Waals surface area contributed by atoms with Crippen LogP contribution in [-0.2, 0) is 5.75 Å². The zero-order valence-corrected chi connectivity index (χ0v) is 13.4. The standard InChI is InChI=1S/C16H11ClN2O3S/c17-12-3-1-2-10(6-12)8-23-16-19-18-15(22-16)11-4-5-13-14(7-11)21-9-20-13/h1-7H,8-9H2. The third-order valence-electron chi connectivity index (χ3n) is 3.28. The number of aromatic nitrogens is 2. The van der Waals surface area contributed by atoms with Crippen molar-refractivity contribution < 1.29 is 13.9 Å². The van der Waals surface area contributed by atoms with Crippen LogP contribution in [0.5, 0.6) is 11.5 Å². The van der Waals surface area contributed by atoms with Crippen LogP contribution in [-0.4, -0.2) is 17.0 Å². The molecule has 2 aromatic carbocycles. The molecule has 0 spiro atoms. The van der Waals surface area contributed by atoms with Crippen molar-refractivity contribution in [2.24, 2.45) is 0 Å². The minimum atomic E-state index is 0.239. The maximum atomic E-state index is 5.97. The number of nitrogens with zero attached hydrogens (tertiary/aromatic N) is 2. The Kier molecular flexibility index (Phi) is 3.85. The number of hydrogen-bond donors (Lipinski definition) is 0. The summed E-state index contributed by atoms with van der Waals surface area (Å²) >= 11 is 7.44. The van der Waals surface area contributed by atoms with Crippen LogP contribution in [0.15, 0.2) is 52.1 Å². The summed E-state index contributed by atoms with van der Waals surface area (Å²) in [6.07, 6.45) is 0. The second-order valence-electron chi connectivity index (χ2n) is 4.86. The molecule has 116 valence electrons. The van der Waals surface area contributed by atoms with E-state index in [1.165, 1.54) is 11.8 Å². The van der Waals surface area contributed by atoms with E-state index >= 15 is 0 Å². The van der Waals surface area contributed by atoms with Crippen LogP contribution in [0.1, 0.15) is 5.56 Å². The van der Waals surface area contributed by atoms with Crippen LogP contribution in [0.2, 0.25) is 5.02 Å². The van der Waals surface area contributed by atoms with E-state index < -0.39 is 0 Å². The molecule has 0 radical (unpaired) electrons. The van der Waals surface area contributed by atoms with Gasteiger partial charge in [0, 0.05) is 16.3 Å². The Balaban J connectivity index is 1.48. The number of benzene rings is 2. The lowest BCUT2D eigenvalue weighted by Crippen LogP contribution is -1.92. The molecule has 4 rings (SSSR count). The lowest BCUT2D eigenvalue weighted by molar-refractivity contribution is 0.174. The van der Waals surface area contributed by atoms with E-state index in [1.807, 2.05) is 42.5 Å². The minimum Gasteiger partial charge on any atom is -0.454 e. The van der Waals surface area contributed by atoms with Crippen LogP contribution in [0, 0.1) is 0 Å². The van der Waals surface area contributed by atoms with Gasteiger partial charge >= 0.3 is 0 Å². The van der Waals surface area contributed by atoms with Gasteiger partial charge < -0.3 is 13.9 Å². The van der Waals surface area contributed by atoms with Crippen molar-refractivity contribution in [3.8, 4) is 23.0 Å². The van der Waals surface area contributed by atoms with Gasteiger partial charge in [0.1, 0.15) is 0 Å². The quantitative estimate of drug-likeness (QED) is 0.652. The molecule has 0 atom stereocenters. The van der Waals surface area contributed by atoms with Crippen LogP contribution in [0.3, 0.4) is 0 Å². The lowest BCUT2D eigenvalue weighted by Gasteiger charge is -1.99. The summed E-state index contributed by atoms with van der Waals surface area (Å²) in [5.74, 6) is 2.58. The van der Waals surface area contributed by atoms with Gasteiger partial charge in [0.25, 0.3) is 5.22 Å². The minimum absolute atomic E-state index is 0.239. The van der Waals surface area contributed by atoms with E-state index in [0.717, 1.165) is 21.9 Å². The molecule has 0 amide bonds. The lowest BCUT2D eigenvalue weighted by atomic mass is 10.2. The highest BCUT2D eigenvalue weighted by Gasteiger charge is 2.16. The number of rotatable bonds is 4. The highest BCUT2D eigenvalue weighted by molar-refractivity contribution is 7.98. The highest BCUT2D eigenvalue weighted by atomic mass is 35.5. The molecule has 2 heterocycles. The summed E-state index contributed by atoms with van der Waals surface area (Å²) in [5.41, 5.74) is 1.90. The van der Waals surface area contributed by atoms with E-state index in [4.69, 9.17) is 25.5 Å². The molecule has 0 saturated carbocycles. The van der Waals surface area contributed by atoms with Crippen LogP contribution in [0.4, 0.5) is 0 Å². The highest BCUT2D eigenvalue weighted by Crippen LogP contribution is 2.36. The molecule has 1 aromatic heterocycles. The average Bonchev–Trinajstić information content (AvgIpc) is 3.21. The Labute approximate surface area is 141 Å². The smallest absolute Gasteiger partial charge is 0.277 e. The molecule has 5 nitrogen and oxygen atoms in total. The van der Waals surface area contributed by atoms with E-state index in [1.54, 1.807) is 0 Å². The first kappa shape index (κ1) is 14.4. The maximum absolute atomic E-state index is 5.97. The Bertz CT molecular complexity index is 853. The van der Waals surface area contributed by atoms with E-state index in [0.29, 0.717) is 22.6 Å². The molecule has 1 aliphatic heterocycles. The fourth-order valence-electron chi connectivity index (χ4n) is 2.19. The average molecular weight is 347 g/mol. The van der Waals surface area contributed by atoms with Gasteiger partial charge in [0.2, 0.25) is 12.7 Å². The fourth-order valence-corrected chi connectivity index (χ4v) is 3.11. The molecule has 0 saturated heterocycles. The van der Waals surface area contributed by atoms with Gasteiger partial charge in [-0.15, -0.1) is 10.2 Å². The van der Waals surface area contributed by atoms with E-state index in [2.05, 4.69) is 10.2 Å². The van der Waals surface area contributed by atoms with E-state index in [-0.39, 0.29) is 6.79 Å². The summed E-state index contributed by atoms with van der Waals surface area (Å²) in [5, 5.41) is 9.38. The number of ether oxygens (including phenoxy) is 2. The van der Waals surface area contributed by atoms with Crippen molar-refractivity contribution in [3.05, 3.63) is 53.1 Å². The summed E-state index contributed by atoms with van der Waals surface area (Å²) in [4.78, 5) is 0. The molecule has 0 unspecified atom stereocenters. The molecule has 3 aromatic rings. The topological polar surface area (TPSA) is 57.4 Å². The fraction of sp³-hybridized carbons (Fsp3) is 0.125. The SMILES string of the molecule is Clc1cccc(CSc2nnc(-c3ccc4c(c3)OCO4)o2)c1. The zero-order valence-electron chi connectivity index (χ0n) is 11.9. The van der Waals surface area contributed by atoms with Gasteiger partial charge in [-0.25, -0.2) is 0 Å². The molecule has 0 fully saturated rings. The molecular formula is C16H11ClN2O3S. The first-order valence-corrected chi connectivity index (χ1v) is 8.25. The van der Waals surface area contributed by atoms with Crippen molar-refractivity contribution in [2.45, 2.75) is 11.0 Å². The van der Waals surface area contributed by atoms with Crippen LogP contribution >= 0.6 is 23.4 Å². The Hall–Kier alpha value is -2.18. The number of fused-ring (bicyclic) bond motifs is 1. The molecular weight excluding hydrogens is 336 g/mol. The van der Waals surface area contributed by atoms with Crippen molar-refractivity contribution in [1.29, 1.82) is 0 Å². The van der Waals surface area contributed by atoms with Gasteiger partial charge in [0.15, 0.2) is 11.5 Å². The second-order valence-corrected chi connectivity index (χ2v) is 6.22. The molecule has 23 heavy (non-hydrogen) atoms. The summed E-state index contributed by atoms with van der Waals surface area (Å²) in [6.45, 7) is 0.239.